The molecule has 0 aromatic carbocycles. The van der Waals surface area contributed by atoms with Crippen molar-refractivity contribution in [1.82, 2.24) is 19.3 Å². The molecule has 0 atom stereocenters. The van der Waals surface area contributed by atoms with E-state index in [1.165, 1.54) is 24.8 Å². The third kappa shape index (κ3) is 4.64. The average Bonchev–Trinajstić information content (AvgIpc) is 2.54. The first-order valence-corrected chi connectivity index (χ1v) is 9.18. The minimum Gasteiger partial charge on any atom is -0.467 e. The number of hydrogen-bond donors (Lipinski definition) is 0. The van der Waals surface area contributed by atoms with E-state index in [9.17, 15) is 8.42 Å². The first-order valence-electron chi connectivity index (χ1n) is 7.33. The number of hydrogen-bond acceptors (Lipinski definition) is 8. The number of anilines is 1. The Labute approximate surface area is 136 Å². The summed E-state index contributed by atoms with van der Waals surface area (Å²) in [6.07, 6.45) is 2.97. The number of aromatic nitrogens is 3. The second-order valence-corrected chi connectivity index (χ2v) is 7.67. The molecular formula is C13H23N5O4S. The number of piperidine rings is 1. The zero-order valence-electron chi connectivity index (χ0n) is 13.9. The highest BCUT2D eigenvalue weighted by Gasteiger charge is 2.25. The van der Waals surface area contributed by atoms with Gasteiger partial charge in [-0.15, -0.1) is 4.98 Å². The van der Waals surface area contributed by atoms with Gasteiger partial charge in [-0.05, 0) is 18.8 Å². The monoisotopic (exact) mass is 345 g/mol. The molecule has 0 aliphatic carbocycles. The molecule has 1 fully saturated rings. The molecule has 1 aliphatic heterocycles. The number of sulfonamides is 1. The molecule has 0 radical (unpaired) electrons. The van der Waals surface area contributed by atoms with Gasteiger partial charge < -0.3 is 14.4 Å². The SMILES string of the molecule is COc1nc(OC)nc(N2CCC(CN(C)S(C)(=O)=O)CC2)n1. The molecule has 0 amide bonds. The van der Waals surface area contributed by atoms with Gasteiger partial charge in [0, 0.05) is 26.7 Å². The molecule has 0 saturated carbocycles. The van der Waals surface area contributed by atoms with Crippen molar-refractivity contribution >= 4 is 16.0 Å². The summed E-state index contributed by atoms with van der Waals surface area (Å²) < 4.78 is 34.5. The second kappa shape index (κ2) is 7.26. The van der Waals surface area contributed by atoms with Crippen LogP contribution in [-0.2, 0) is 10.0 Å². The average molecular weight is 345 g/mol. The normalized spacial score (nSPS) is 16.7. The van der Waals surface area contributed by atoms with E-state index in [4.69, 9.17) is 9.47 Å². The predicted molar refractivity (Wildman–Crippen MR) is 85.3 cm³/mol. The van der Waals surface area contributed by atoms with Crippen LogP contribution in [0.15, 0.2) is 0 Å². The molecule has 0 unspecified atom stereocenters. The van der Waals surface area contributed by atoms with Gasteiger partial charge in [0.05, 0.1) is 20.5 Å². The Morgan fingerprint density at radius 2 is 1.65 bits per heavy atom. The van der Waals surface area contributed by atoms with E-state index in [-0.39, 0.29) is 12.0 Å². The summed E-state index contributed by atoms with van der Waals surface area (Å²) in [4.78, 5) is 14.5. The highest BCUT2D eigenvalue weighted by atomic mass is 32.2. The third-order valence-electron chi connectivity index (χ3n) is 3.93. The van der Waals surface area contributed by atoms with Crippen LogP contribution in [0.5, 0.6) is 12.0 Å². The summed E-state index contributed by atoms with van der Waals surface area (Å²) in [5.41, 5.74) is 0. The molecule has 130 valence electrons. The van der Waals surface area contributed by atoms with E-state index in [0.29, 0.717) is 18.4 Å². The van der Waals surface area contributed by atoms with E-state index >= 15 is 0 Å². The molecule has 2 heterocycles. The van der Waals surface area contributed by atoms with E-state index in [1.54, 1.807) is 7.05 Å². The molecule has 23 heavy (non-hydrogen) atoms. The second-order valence-electron chi connectivity index (χ2n) is 5.58. The largest absolute Gasteiger partial charge is 0.467 e. The fourth-order valence-electron chi connectivity index (χ4n) is 2.47. The Bertz CT molecular complexity index is 609. The zero-order valence-corrected chi connectivity index (χ0v) is 14.7. The van der Waals surface area contributed by atoms with Crippen LogP contribution < -0.4 is 14.4 Å². The van der Waals surface area contributed by atoms with Gasteiger partial charge in [0.1, 0.15) is 0 Å². The van der Waals surface area contributed by atoms with Gasteiger partial charge in [0.2, 0.25) is 16.0 Å². The summed E-state index contributed by atoms with van der Waals surface area (Å²) >= 11 is 0. The summed E-state index contributed by atoms with van der Waals surface area (Å²) in [6, 6.07) is 0.427. The van der Waals surface area contributed by atoms with Crippen molar-refractivity contribution < 1.29 is 17.9 Å². The first-order chi connectivity index (χ1) is 10.8. The fourth-order valence-corrected chi connectivity index (χ4v) is 2.95. The Balaban J connectivity index is 1.99. The minimum atomic E-state index is -3.13. The Kier molecular flexibility index (Phi) is 5.58. The molecule has 9 nitrogen and oxygen atoms in total. The highest BCUT2D eigenvalue weighted by Crippen LogP contribution is 2.23. The van der Waals surface area contributed by atoms with Crippen LogP contribution in [0.25, 0.3) is 0 Å². The summed E-state index contributed by atoms with van der Waals surface area (Å²) in [5.74, 6) is 0.847. The van der Waals surface area contributed by atoms with Crippen LogP contribution in [0.2, 0.25) is 0 Å². The molecule has 1 aliphatic rings. The van der Waals surface area contributed by atoms with Crippen molar-refractivity contribution in [2.45, 2.75) is 12.8 Å². The van der Waals surface area contributed by atoms with Crippen molar-refractivity contribution in [3.05, 3.63) is 0 Å². The lowest BCUT2D eigenvalue weighted by atomic mass is 9.97. The van der Waals surface area contributed by atoms with Crippen molar-refractivity contribution in [2.75, 3.05) is 52.1 Å². The van der Waals surface area contributed by atoms with E-state index in [2.05, 4.69) is 15.0 Å². The topological polar surface area (TPSA) is 97.8 Å². The van der Waals surface area contributed by atoms with E-state index < -0.39 is 10.0 Å². The first kappa shape index (κ1) is 17.7. The lowest BCUT2D eigenvalue weighted by Crippen LogP contribution is -2.39. The quantitative estimate of drug-likeness (QED) is 0.710. The summed E-state index contributed by atoms with van der Waals surface area (Å²) in [6.45, 7) is 2.04. The van der Waals surface area contributed by atoms with Crippen LogP contribution >= 0.6 is 0 Å². The lowest BCUT2D eigenvalue weighted by Gasteiger charge is -2.33. The zero-order chi connectivity index (χ0) is 17.0. The van der Waals surface area contributed by atoms with Crippen molar-refractivity contribution in [2.24, 2.45) is 5.92 Å². The number of ether oxygens (including phenoxy) is 2. The third-order valence-corrected chi connectivity index (χ3v) is 5.21. The summed E-state index contributed by atoms with van der Waals surface area (Å²) in [7, 11) is 1.47. The lowest BCUT2D eigenvalue weighted by molar-refractivity contribution is 0.321. The molecule has 1 saturated heterocycles. The van der Waals surface area contributed by atoms with Crippen molar-refractivity contribution in [1.29, 1.82) is 0 Å². The number of methoxy groups -OCH3 is 2. The van der Waals surface area contributed by atoms with Gasteiger partial charge in [-0.3, -0.25) is 0 Å². The molecule has 0 bridgehead atoms. The Hall–Kier alpha value is -1.68. The maximum absolute atomic E-state index is 11.5. The predicted octanol–water partition coefficient (Wildman–Crippen LogP) is -0.00340. The van der Waals surface area contributed by atoms with Gasteiger partial charge >= 0.3 is 12.0 Å². The molecular weight excluding hydrogens is 322 g/mol. The highest BCUT2D eigenvalue weighted by molar-refractivity contribution is 7.88. The van der Waals surface area contributed by atoms with Gasteiger partial charge in [0.15, 0.2) is 0 Å². The molecule has 0 spiro atoms. The summed E-state index contributed by atoms with van der Waals surface area (Å²) in [5, 5.41) is 0. The van der Waals surface area contributed by atoms with Gasteiger partial charge in [-0.2, -0.15) is 9.97 Å². The Morgan fingerprint density at radius 3 is 2.09 bits per heavy atom. The van der Waals surface area contributed by atoms with Crippen LogP contribution in [0.4, 0.5) is 5.95 Å². The van der Waals surface area contributed by atoms with Crippen LogP contribution in [0, 0.1) is 5.92 Å². The smallest absolute Gasteiger partial charge is 0.324 e. The van der Waals surface area contributed by atoms with Crippen LogP contribution in [-0.4, -0.2) is 74.8 Å². The van der Waals surface area contributed by atoms with Crippen LogP contribution in [0.3, 0.4) is 0 Å². The van der Waals surface area contributed by atoms with Crippen molar-refractivity contribution in [3.63, 3.8) is 0 Å². The minimum absolute atomic E-state index is 0.214. The molecule has 1 aromatic heterocycles. The van der Waals surface area contributed by atoms with E-state index in [0.717, 1.165) is 25.9 Å². The molecule has 1 aromatic rings. The fraction of sp³-hybridized carbons (Fsp3) is 0.769. The maximum Gasteiger partial charge on any atom is 0.324 e. The van der Waals surface area contributed by atoms with Gasteiger partial charge in [0.25, 0.3) is 0 Å². The van der Waals surface area contributed by atoms with Crippen LogP contribution in [0.1, 0.15) is 12.8 Å². The maximum atomic E-state index is 11.5. The molecule has 0 N–H and O–H groups in total. The number of nitrogens with zero attached hydrogens (tertiary/aromatic N) is 5. The standard InChI is InChI=1S/C13H23N5O4S/c1-17(23(4,19)20)9-10-5-7-18(8-6-10)11-14-12(21-2)16-13(15-11)22-3/h10H,5-9H2,1-4H3. The van der Waals surface area contributed by atoms with Gasteiger partial charge in [-0.25, -0.2) is 12.7 Å². The Morgan fingerprint density at radius 1 is 1.13 bits per heavy atom. The van der Waals surface area contributed by atoms with Gasteiger partial charge in [-0.1, -0.05) is 0 Å². The van der Waals surface area contributed by atoms with E-state index in [1.807, 2.05) is 4.90 Å². The van der Waals surface area contributed by atoms with Crippen molar-refractivity contribution in [3.8, 4) is 12.0 Å². The number of rotatable bonds is 6. The molecule has 10 heteroatoms. The molecule has 2 rings (SSSR count).